The average molecular weight is 324 g/mol. The first kappa shape index (κ1) is 16.1. The molecule has 1 aliphatic rings. The lowest BCUT2D eigenvalue weighted by Crippen LogP contribution is -2.24. The summed E-state index contributed by atoms with van der Waals surface area (Å²) in [6.45, 7) is 3.53. The van der Waals surface area contributed by atoms with E-state index in [-0.39, 0.29) is 17.7 Å². The first-order valence-electron chi connectivity index (χ1n) is 7.81. The van der Waals surface area contributed by atoms with Gasteiger partial charge in [0, 0.05) is 13.3 Å². The second kappa shape index (κ2) is 6.35. The van der Waals surface area contributed by atoms with Crippen LogP contribution in [0.2, 0.25) is 0 Å². The molecule has 2 aromatic carbocycles. The number of hydrazone groups is 1. The van der Waals surface area contributed by atoms with Crippen molar-refractivity contribution in [3.05, 3.63) is 59.2 Å². The molecule has 5 heteroatoms. The van der Waals surface area contributed by atoms with Crippen LogP contribution in [0.1, 0.15) is 36.1 Å². The number of hydrogen-bond donors (Lipinski definition) is 1. The molecular weight excluding hydrogens is 304 g/mol. The van der Waals surface area contributed by atoms with Gasteiger partial charge in [0.1, 0.15) is 0 Å². The van der Waals surface area contributed by atoms with Crippen molar-refractivity contribution < 1.29 is 14.6 Å². The number of benzene rings is 2. The number of phenolic OH excluding ortho intramolecular Hbond substituents is 1. The van der Waals surface area contributed by atoms with E-state index in [1.165, 1.54) is 19.0 Å². The number of amides is 1. The topological polar surface area (TPSA) is 62.1 Å². The molecule has 1 heterocycles. The zero-order valence-corrected chi connectivity index (χ0v) is 14.0. The van der Waals surface area contributed by atoms with Gasteiger partial charge in [-0.15, -0.1) is 0 Å². The zero-order valence-electron chi connectivity index (χ0n) is 14.0. The van der Waals surface area contributed by atoms with Crippen molar-refractivity contribution in [2.24, 2.45) is 5.10 Å². The Kier molecular flexibility index (Phi) is 4.25. The van der Waals surface area contributed by atoms with Gasteiger partial charge in [-0.2, -0.15) is 5.10 Å². The first-order chi connectivity index (χ1) is 11.5. The molecular formula is C19H20N2O3. The third-order valence-corrected chi connectivity index (χ3v) is 4.17. The normalized spacial score (nSPS) is 16.9. The second-order valence-electron chi connectivity index (χ2n) is 5.93. The molecule has 0 aromatic heterocycles. The molecule has 0 bridgehead atoms. The number of carbonyl (C=O) groups excluding carboxylic acids is 1. The van der Waals surface area contributed by atoms with E-state index in [9.17, 15) is 9.90 Å². The van der Waals surface area contributed by atoms with Crippen LogP contribution >= 0.6 is 0 Å². The Labute approximate surface area is 141 Å². The van der Waals surface area contributed by atoms with Crippen LogP contribution in [0.25, 0.3) is 0 Å². The minimum absolute atomic E-state index is 0.0579. The molecule has 0 aliphatic carbocycles. The Hall–Kier alpha value is -2.82. The molecule has 0 fully saturated rings. The highest BCUT2D eigenvalue weighted by molar-refractivity contribution is 6.03. The van der Waals surface area contributed by atoms with Crippen molar-refractivity contribution in [2.45, 2.75) is 26.3 Å². The van der Waals surface area contributed by atoms with Crippen LogP contribution < -0.4 is 4.74 Å². The van der Waals surface area contributed by atoms with E-state index in [2.05, 4.69) is 11.2 Å². The Balaban J connectivity index is 1.95. The van der Waals surface area contributed by atoms with Gasteiger partial charge in [0.15, 0.2) is 11.5 Å². The quantitative estimate of drug-likeness (QED) is 0.941. The van der Waals surface area contributed by atoms with Gasteiger partial charge in [-0.05, 0) is 30.2 Å². The first-order valence-corrected chi connectivity index (χ1v) is 7.81. The summed E-state index contributed by atoms with van der Waals surface area (Å²) >= 11 is 0. The molecule has 3 rings (SSSR count). The van der Waals surface area contributed by atoms with Gasteiger partial charge in [0.05, 0.1) is 18.9 Å². The molecule has 0 spiro atoms. The number of rotatable bonds is 3. The van der Waals surface area contributed by atoms with Crippen LogP contribution in [0.15, 0.2) is 47.6 Å². The molecule has 0 radical (unpaired) electrons. The maximum Gasteiger partial charge on any atom is 0.240 e. The number of phenols is 1. The minimum atomic E-state index is -0.227. The van der Waals surface area contributed by atoms with E-state index >= 15 is 0 Å². The molecule has 0 saturated carbocycles. The Bertz CT molecular complexity index is 814. The van der Waals surface area contributed by atoms with Crippen molar-refractivity contribution in [3.8, 4) is 11.5 Å². The van der Waals surface area contributed by atoms with Gasteiger partial charge >= 0.3 is 0 Å². The van der Waals surface area contributed by atoms with Crippen molar-refractivity contribution in [3.63, 3.8) is 0 Å². The molecule has 1 amide bonds. The predicted molar refractivity (Wildman–Crippen MR) is 92.3 cm³/mol. The van der Waals surface area contributed by atoms with Crippen LogP contribution in [0, 0.1) is 6.92 Å². The zero-order chi connectivity index (χ0) is 17.3. The van der Waals surface area contributed by atoms with Crippen LogP contribution in [0.4, 0.5) is 0 Å². The van der Waals surface area contributed by atoms with Crippen molar-refractivity contribution in [1.82, 2.24) is 5.01 Å². The van der Waals surface area contributed by atoms with Gasteiger partial charge in [-0.3, -0.25) is 4.79 Å². The summed E-state index contributed by atoms with van der Waals surface area (Å²) in [5.74, 6) is 0.339. The molecule has 1 unspecified atom stereocenters. The summed E-state index contributed by atoms with van der Waals surface area (Å²) in [4.78, 5) is 12.0. The highest BCUT2D eigenvalue weighted by Crippen LogP contribution is 2.36. The highest BCUT2D eigenvalue weighted by atomic mass is 16.5. The fraction of sp³-hybridized carbons (Fsp3) is 0.263. The number of methoxy groups -OCH3 is 1. The lowest BCUT2D eigenvalue weighted by molar-refractivity contribution is -0.130. The van der Waals surface area contributed by atoms with Gasteiger partial charge in [-0.1, -0.05) is 35.9 Å². The summed E-state index contributed by atoms with van der Waals surface area (Å²) in [5.41, 5.74) is 3.86. The maximum absolute atomic E-state index is 12.0. The number of carbonyl (C=O) groups is 1. The maximum atomic E-state index is 12.0. The summed E-state index contributed by atoms with van der Waals surface area (Å²) in [6, 6.07) is 13.0. The Morgan fingerprint density at radius 1 is 1.29 bits per heavy atom. The molecule has 1 aliphatic heterocycles. The average Bonchev–Trinajstić information content (AvgIpc) is 3.00. The number of aryl methyl sites for hydroxylation is 1. The molecule has 24 heavy (non-hydrogen) atoms. The molecule has 0 saturated heterocycles. The number of nitrogens with zero attached hydrogens (tertiary/aromatic N) is 2. The van der Waals surface area contributed by atoms with Crippen LogP contribution in [0.5, 0.6) is 11.5 Å². The van der Waals surface area contributed by atoms with Crippen molar-refractivity contribution >= 4 is 11.6 Å². The van der Waals surface area contributed by atoms with Gasteiger partial charge < -0.3 is 9.84 Å². The highest BCUT2D eigenvalue weighted by Gasteiger charge is 2.31. The molecule has 1 N–H and O–H groups in total. The predicted octanol–water partition coefficient (Wildman–Crippen LogP) is 3.41. The SMILES string of the molecule is COc1ccc(C2CC(c3cccc(C)c3)=NN2C(C)=O)cc1O. The third kappa shape index (κ3) is 2.97. The molecule has 124 valence electrons. The van der Waals surface area contributed by atoms with E-state index < -0.39 is 0 Å². The van der Waals surface area contributed by atoms with Crippen LogP contribution in [-0.2, 0) is 4.79 Å². The number of hydrogen-bond acceptors (Lipinski definition) is 4. The lowest BCUT2D eigenvalue weighted by atomic mass is 9.97. The minimum Gasteiger partial charge on any atom is -0.504 e. The third-order valence-electron chi connectivity index (χ3n) is 4.17. The van der Waals surface area contributed by atoms with E-state index in [1.807, 2.05) is 31.2 Å². The van der Waals surface area contributed by atoms with E-state index in [0.29, 0.717) is 12.2 Å². The standard InChI is InChI=1S/C19H20N2O3/c1-12-5-4-6-14(9-12)16-11-17(21(20-16)13(2)22)15-7-8-19(24-3)18(23)10-15/h4-10,17,23H,11H2,1-3H3. The Morgan fingerprint density at radius 3 is 2.71 bits per heavy atom. The summed E-state index contributed by atoms with van der Waals surface area (Å²) in [7, 11) is 1.51. The molecule has 5 nitrogen and oxygen atoms in total. The summed E-state index contributed by atoms with van der Waals surface area (Å²) < 4.78 is 5.08. The largest absolute Gasteiger partial charge is 0.504 e. The lowest BCUT2D eigenvalue weighted by Gasteiger charge is -2.21. The van der Waals surface area contributed by atoms with Crippen LogP contribution in [0.3, 0.4) is 0 Å². The van der Waals surface area contributed by atoms with Gasteiger partial charge in [0.25, 0.3) is 0 Å². The summed E-state index contributed by atoms with van der Waals surface area (Å²) in [5, 5.41) is 16.0. The second-order valence-corrected chi connectivity index (χ2v) is 5.93. The number of aromatic hydroxyl groups is 1. The van der Waals surface area contributed by atoms with Crippen LogP contribution in [-0.4, -0.2) is 28.8 Å². The van der Waals surface area contributed by atoms with Gasteiger partial charge in [0.2, 0.25) is 5.91 Å². The van der Waals surface area contributed by atoms with E-state index in [4.69, 9.17) is 4.74 Å². The van der Waals surface area contributed by atoms with Gasteiger partial charge in [-0.25, -0.2) is 5.01 Å². The van der Waals surface area contributed by atoms with Crippen molar-refractivity contribution in [1.29, 1.82) is 0 Å². The smallest absolute Gasteiger partial charge is 0.240 e. The fourth-order valence-electron chi connectivity index (χ4n) is 2.97. The molecule has 2 aromatic rings. The van der Waals surface area contributed by atoms with E-state index in [0.717, 1.165) is 22.4 Å². The Morgan fingerprint density at radius 2 is 2.08 bits per heavy atom. The summed E-state index contributed by atoms with van der Waals surface area (Å²) in [6.07, 6.45) is 0.606. The monoisotopic (exact) mass is 324 g/mol. The molecule has 1 atom stereocenters. The van der Waals surface area contributed by atoms with E-state index in [1.54, 1.807) is 12.1 Å². The van der Waals surface area contributed by atoms with Crippen molar-refractivity contribution in [2.75, 3.05) is 7.11 Å². The number of ether oxygens (including phenoxy) is 1. The fourth-order valence-corrected chi connectivity index (χ4v) is 2.97.